The highest BCUT2D eigenvalue weighted by Crippen LogP contribution is 2.30. The lowest BCUT2D eigenvalue weighted by Crippen LogP contribution is -2.30. The molecule has 90 valence electrons. The second-order valence-corrected chi connectivity index (χ2v) is 4.49. The molecule has 1 saturated heterocycles. The van der Waals surface area contributed by atoms with Crippen LogP contribution in [-0.4, -0.2) is 23.8 Å². The highest BCUT2D eigenvalue weighted by Gasteiger charge is 2.43. The molecule has 1 fully saturated rings. The molecule has 0 spiro atoms. The molecule has 1 aromatic rings. The zero-order valence-corrected chi connectivity index (χ0v) is 10.1. The number of hydrogen-bond donors (Lipinski definition) is 0. The van der Waals surface area contributed by atoms with Gasteiger partial charge in [-0.05, 0) is 13.8 Å². The Bertz CT molecular complexity index is 422. The Kier molecular flexibility index (Phi) is 3.13. The van der Waals surface area contributed by atoms with Crippen LogP contribution in [0.2, 0.25) is 0 Å². The molecule has 17 heavy (non-hydrogen) atoms. The average Bonchev–Trinajstić information content (AvgIpc) is 2.65. The van der Waals surface area contributed by atoms with Gasteiger partial charge in [0.2, 0.25) is 0 Å². The van der Waals surface area contributed by atoms with Gasteiger partial charge >= 0.3 is 0 Å². The van der Waals surface area contributed by atoms with Crippen molar-refractivity contribution in [2.45, 2.75) is 31.8 Å². The van der Waals surface area contributed by atoms with Crippen LogP contribution in [0.1, 0.15) is 24.2 Å². The molecule has 0 unspecified atom stereocenters. The van der Waals surface area contributed by atoms with Gasteiger partial charge in [0.15, 0.2) is 17.7 Å². The number of Topliss-reactive ketones (excluding diaryl/α,β-unsaturated/α-hetero) is 1. The Morgan fingerprint density at radius 3 is 2.53 bits per heavy atom. The fourth-order valence-corrected chi connectivity index (χ4v) is 1.93. The van der Waals surface area contributed by atoms with Crippen LogP contribution < -0.4 is 0 Å². The Labute approximate surface area is 101 Å². The maximum Gasteiger partial charge on any atom is 0.194 e. The molecule has 1 heterocycles. The topological polar surface area (TPSA) is 35.5 Å². The van der Waals surface area contributed by atoms with Crippen LogP contribution in [0.15, 0.2) is 43.0 Å². The van der Waals surface area contributed by atoms with Crippen molar-refractivity contribution in [1.82, 2.24) is 0 Å². The zero-order valence-electron chi connectivity index (χ0n) is 10.1. The summed E-state index contributed by atoms with van der Waals surface area (Å²) in [5, 5.41) is 0. The number of rotatable bonds is 3. The average molecular weight is 232 g/mol. The summed E-state index contributed by atoms with van der Waals surface area (Å²) in [5.74, 6) is -0.811. The molecule has 1 aliphatic rings. The molecule has 2 rings (SSSR count). The van der Waals surface area contributed by atoms with Crippen LogP contribution in [0.5, 0.6) is 0 Å². The van der Waals surface area contributed by atoms with Gasteiger partial charge in [-0.25, -0.2) is 0 Å². The van der Waals surface area contributed by atoms with E-state index in [2.05, 4.69) is 6.58 Å². The summed E-state index contributed by atoms with van der Waals surface area (Å²) >= 11 is 0. The van der Waals surface area contributed by atoms with Gasteiger partial charge in [0.1, 0.15) is 6.10 Å². The highest BCUT2D eigenvalue weighted by molar-refractivity contribution is 6.00. The molecule has 0 N–H and O–H groups in total. The first-order valence-corrected chi connectivity index (χ1v) is 5.61. The molecule has 0 amide bonds. The van der Waals surface area contributed by atoms with Crippen LogP contribution in [0.3, 0.4) is 0 Å². The van der Waals surface area contributed by atoms with Crippen molar-refractivity contribution < 1.29 is 14.3 Å². The molecule has 3 nitrogen and oxygen atoms in total. The Balaban J connectivity index is 2.23. The van der Waals surface area contributed by atoms with Gasteiger partial charge in [0, 0.05) is 5.56 Å². The first-order valence-electron chi connectivity index (χ1n) is 5.61. The van der Waals surface area contributed by atoms with Gasteiger partial charge in [0.05, 0.1) is 0 Å². The first kappa shape index (κ1) is 12.0. The number of ketones is 1. The number of benzene rings is 1. The molecule has 0 aliphatic carbocycles. The van der Waals surface area contributed by atoms with E-state index in [-0.39, 0.29) is 5.78 Å². The lowest BCUT2D eigenvalue weighted by Gasteiger charge is -2.16. The van der Waals surface area contributed by atoms with Crippen molar-refractivity contribution >= 4 is 5.78 Å². The van der Waals surface area contributed by atoms with E-state index in [1.807, 2.05) is 18.2 Å². The number of ether oxygens (including phenoxy) is 2. The molecule has 1 aromatic carbocycles. The Morgan fingerprint density at radius 2 is 1.94 bits per heavy atom. The number of carbonyl (C=O) groups excluding carboxylic acids is 1. The predicted octanol–water partition coefficient (Wildman–Crippen LogP) is 2.58. The van der Waals surface area contributed by atoms with E-state index in [4.69, 9.17) is 9.47 Å². The number of carbonyl (C=O) groups is 1. The van der Waals surface area contributed by atoms with E-state index in [0.717, 1.165) is 0 Å². The largest absolute Gasteiger partial charge is 0.340 e. The second kappa shape index (κ2) is 4.43. The number of hydrogen-bond acceptors (Lipinski definition) is 3. The molecule has 2 atom stereocenters. The summed E-state index contributed by atoms with van der Waals surface area (Å²) < 4.78 is 11.2. The molecule has 1 aliphatic heterocycles. The molecular weight excluding hydrogens is 216 g/mol. The van der Waals surface area contributed by atoms with Crippen molar-refractivity contribution in [2.75, 3.05) is 0 Å². The van der Waals surface area contributed by atoms with Crippen molar-refractivity contribution in [3.8, 4) is 0 Å². The quantitative estimate of drug-likeness (QED) is 0.593. The summed E-state index contributed by atoms with van der Waals surface area (Å²) in [6, 6.07) is 9.08. The smallest absolute Gasteiger partial charge is 0.194 e. The molecule has 3 heteroatoms. The summed E-state index contributed by atoms with van der Waals surface area (Å²) in [6.45, 7) is 7.26. The lowest BCUT2D eigenvalue weighted by molar-refractivity contribution is -0.139. The van der Waals surface area contributed by atoms with Gasteiger partial charge in [-0.2, -0.15) is 0 Å². The SMILES string of the molecule is C=C[C@H]1OC(C)(C)O[C@H]1C(=O)c1ccccc1. The Morgan fingerprint density at radius 1 is 1.29 bits per heavy atom. The third-order valence-corrected chi connectivity index (χ3v) is 2.68. The summed E-state index contributed by atoms with van der Waals surface area (Å²) in [7, 11) is 0. The van der Waals surface area contributed by atoms with Gasteiger partial charge in [-0.1, -0.05) is 36.4 Å². The van der Waals surface area contributed by atoms with E-state index >= 15 is 0 Å². The predicted molar refractivity (Wildman–Crippen MR) is 64.8 cm³/mol. The summed E-state index contributed by atoms with van der Waals surface area (Å²) in [6.07, 6.45) is 0.614. The molecule has 0 bridgehead atoms. The van der Waals surface area contributed by atoms with Gasteiger partial charge < -0.3 is 9.47 Å². The third kappa shape index (κ3) is 2.46. The zero-order chi connectivity index (χ0) is 12.5. The van der Waals surface area contributed by atoms with Crippen molar-refractivity contribution in [1.29, 1.82) is 0 Å². The van der Waals surface area contributed by atoms with Crippen molar-refractivity contribution in [3.63, 3.8) is 0 Å². The van der Waals surface area contributed by atoms with Crippen molar-refractivity contribution in [2.24, 2.45) is 0 Å². The normalized spacial score (nSPS) is 26.7. The van der Waals surface area contributed by atoms with Gasteiger partial charge in [-0.3, -0.25) is 4.79 Å². The summed E-state index contributed by atoms with van der Waals surface area (Å²) in [5.41, 5.74) is 0.630. The summed E-state index contributed by atoms with van der Waals surface area (Å²) in [4.78, 5) is 12.3. The minimum atomic E-state index is -0.742. The van der Waals surface area contributed by atoms with Crippen LogP contribution in [0.4, 0.5) is 0 Å². The first-order chi connectivity index (χ1) is 8.03. The monoisotopic (exact) mass is 232 g/mol. The molecule has 0 aromatic heterocycles. The van der Waals surface area contributed by atoms with Crippen LogP contribution in [-0.2, 0) is 9.47 Å². The fourth-order valence-electron chi connectivity index (χ4n) is 1.93. The fraction of sp³-hybridized carbons (Fsp3) is 0.357. The van der Waals surface area contributed by atoms with E-state index in [0.29, 0.717) is 5.56 Å². The standard InChI is InChI=1S/C14H16O3/c1-4-11-13(17-14(2,3)16-11)12(15)10-8-6-5-7-9-10/h4-9,11,13H,1H2,2-3H3/t11-,13-/m1/s1. The van der Waals surface area contributed by atoms with E-state index in [1.165, 1.54) is 0 Å². The van der Waals surface area contributed by atoms with Crippen LogP contribution in [0, 0.1) is 0 Å². The minimum absolute atomic E-state index is 0.0684. The third-order valence-electron chi connectivity index (χ3n) is 2.68. The van der Waals surface area contributed by atoms with E-state index in [1.54, 1.807) is 32.1 Å². The Hall–Kier alpha value is -1.45. The molecule has 0 radical (unpaired) electrons. The van der Waals surface area contributed by atoms with Crippen molar-refractivity contribution in [3.05, 3.63) is 48.6 Å². The molecular formula is C14H16O3. The maximum absolute atomic E-state index is 12.3. The van der Waals surface area contributed by atoms with E-state index < -0.39 is 18.0 Å². The second-order valence-electron chi connectivity index (χ2n) is 4.49. The molecule has 0 saturated carbocycles. The highest BCUT2D eigenvalue weighted by atomic mass is 16.8. The van der Waals surface area contributed by atoms with Gasteiger partial charge in [-0.15, -0.1) is 6.58 Å². The lowest BCUT2D eigenvalue weighted by atomic mass is 10.0. The van der Waals surface area contributed by atoms with Gasteiger partial charge in [0.25, 0.3) is 0 Å². The maximum atomic E-state index is 12.3. The van der Waals surface area contributed by atoms with E-state index in [9.17, 15) is 4.79 Å². The minimum Gasteiger partial charge on any atom is -0.340 e. The van der Waals surface area contributed by atoms with Crippen LogP contribution in [0.25, 0.3) is 0 Å². The van der Waals surface area contributed by atoms with Crippen LogP contribution >= 0.6 is 0 Å².